The van der Waals surface area contributed by atoms with Crippen LogP contribution in [0.4, 0.5) is 5.82 Å². The van der Waals surface area contributed by atoms with Gasteiger partial charge >= 0.3 is 0 Å². The summed E-state index contributed by atoms with van der Waals surface area (Å²) in [5.74, 6) is 0.576. The number of anilines is 1. The fourth-order valence-corrected chi connectivity index (χ4v) is 2.60. The van der Waals surface area contributed by atoms with Gasteiger partial charge < -0.3 is 10.4 Å². The Bertz CT molecular complexity index is 991. The highest BCUT2D eigenvalue weighted by atomic mass is 16.3. The van der Waals surface area contributed by atoms with E-state index in [-0.39, 0.29) is 12.5 Å². The molecule has 0 aliphatic heterocycles. The Morgan fingerprint density at radius 1 is 1.35 bits per heavy atom. The van der Waals surface area contributed by atoms with Gasteiger partial charge in [0.2, 0.25) is 5.91 Å². The van der Waals surface area contributed by atoms with Crippen LogP contribution in [0.15, 0.2) is 35.6 Å². The number of nitrogens with one attached hydrogen (secondary N) is 1. The molecule has 0 aliphatic rings. The zero-order valence-electron chi connectivity index (χ0n) is 14.7. The third kappa shape index (κ3) is 3.47. The van der Waals surface area contributed by atoms with Gasteiger partial charge in [-0.1, -0.05) is 13.8 Å². The van der Waals surface area contributed by atoms with Crippen LogP contribution in [0.3, 0.4) is 0 Å². The number of amides is 1. The minimum absolute atomic E-state index is 0.0172. The first-order valence-corrected chi connectivity index (χ1v) is 8.23. The van der Waals surface area contributed by atoms with Crippen molar-refractivity contribution < 1.29 is 9.90 Å². The molecule has 1 amide bonds. The largest absolute Gasteiger partial charge is 0.389 e. The van der Waals surface area contributed by atoms with Gasteiger partial charge in [-0.3, -0.25) is 14.0 Å². The summed E-state index contributed by atoms with van der Waals surface area (Å²) in [6.45, 7) is 5.28. The van der Waals surface area contributed by atoms with Gasteiger partial charge in [0.25, 0.3) is 5.56 Å². The third-order valence-corrected chi connectivity index (χ3v) is 3.91. The molecule has 3 heterocycles. The van der Waals surface area contributed by atoms with Crippen molar-refractivity contribution in [1.82, 2.24) is 24.1 Å². The molecule has 9 heteroatoms. The summed E-state index contributed by atoms with van der Waals surface area (Å²) >= 11 is 0. The van der Waals surface area contributed by atoms with Crippen molar-refractivity contribution in [1.29, 1.82) is 0 Å². The molecular formula is C17H20N6O3. The lowest BCUT2D eigenvalue weighted by Gasteiger charge is -2.12. The van der Waals surface area contributed by atoms with E-state index in [2.05, 4.69) is 20.4 Å². The Hall–Kier alpha value is -3.07. The number of hydrogen-bond acceptors (Lipinski definition) is 6. The smallest absolute Gasteiger partial charge is 0.291 e. The Balaban J connectivity index is 1.99. The zero-order chi connectivity index (χ0) is 18.8. The Morgan fingerprint density at radius 2 is 2.12 bits per heavy atom. The molecular weight excluding hydrogens is 336 g/mol. The summed E-state index contributed by atoms with van der Waals surface area (Å²) in [6.07, 6.45) is 3.83. The van der Waals surface area contributed by atoms with Crippen LogP contribution in [-0.4, -0.2) is 35.2 Å². The van der Waals surface area contributed by atoms with E-state index in [0.29, 0.717) is 22.7 Å². The van der Waals surface area contributed by atoms with Crippen LogP contribution in [0.1, 0.15) is 44.2 Å². The van der Waals surface area contributed by atoms with E-state index >= 15 is 0 Å². The van der Waals surface area contributed by atoms with Crippen molar-refractivity contribution in [3.63, 3.8) is 0 Å². The molecule has 3 aromatic heterocycles. The highest BCUT2D eigenvalue weighted by molar-refractivity contribution is 5.89. The lowest BCUT2D eigenvalue weighted by Crippen LogP contribution is -2.32. The second kappa shape index (κ2) is 7.04. The van der Waals surface area contributed by atoms with Crippen LogP contribution in [0, 0.1) is 0 Å². The zero-order valence-corrected chi connectivity index (χ0v) is 14.7. The van der Waals surface area contributed by atoms with Gasteiger partial charge in [-0.25, -0.2) is 14.6 Å². The lowest BCUT2D eigenvalue weighted by atomic mass is 10.2. The number of nitrogens with zero attached hydrogens (tertiary/aromatic N) is 5. The first-order chi connectivity index (χ1) is 12.4. The number of carbonyl (C=O) groups excluding carboxylic acids is 1. The molecule has 26 heavy (non-hydrogen) atoms. The van der Waals surface area contributed by atoms with E-state index < -0.39 is 17.6 Å². The SMILES string of the molecule is CC(C)c1nn(CC(=O)Nc2ccncn2)c(=O)c2cc(C(C)O)cn12. The Kier molecular flexibility index (Phi) is 4.81. The summed E-state index contributed by atoms with van der Waals surface area (Å²) in [5, 5.41) is 16.8. The van der Waals surface area contributed by atoms with Gasteiger partial charge in [-0.05, 0) is 24.6 Å². The fourth-order valence-electron chi connectivity index (χ4n) is 2.60. The molecule has 1 atom stereocenters. The molecule has 0 bridgehead atoms. The van der Waals surface area contributed by atoms with Gasteiger partial charge in [0.15, 0.2) is 0 Å². The maximum absolute atomic E-state index is 12.7. The van der Waals surface area contributed by atoms with Crippen molar-refractivity contribution in [2.24, 2.45) is 0 Å². The molecule has 0 saturated carbocycles. The Morgan fingerprint density at radius 3 is 2.73 bits per heavy atom. The van der Waals surface area contributed by atoms with Gasteiger partial charge in [0, 0.05) is 18.3 Å². The van der Waals surface area contributed by atoms with Crippen molar-refractivity contribution >= 4 is 17.2 Å². The third-order valence-electron chi connectivity index (χ3n) is 3.91. The van der Waals surface area contributed by atoms with Gasteiger partial charge in [0.1, 0.15) is 30.0 Å². The fraction of sp³-hybridized carbons (Fsp3) is 0.353. The molecule has 0 spiro atoms. The van der Waals surface area contributed by atoms with E-state index in [4.69, 9.17) is 0 Å². The average molecular weight is 356 g/mol. The molecule has 3 aromatic rings. The predicted octanol–water partition coefficient (Wildman–Crippen LogP) is 1.10. The van der Waals surface area contributed by atoms with Crippen LogP contribution in [-0.2, 0) is 11.3 Å². The predicted molar refractivity (Wildman–Crippen MR) is 94.8 cm³/mol. The van der Waals surface area contributed by atoms with Gasteiger partial charge in [0.05, 0.1) is 6.10 Å². The second-order valence-corrected chi connectivity index (χ2v) is 6.32. The number of carbonyl (C=O) groups is 1. The van der Waals surface area contributed by atoms with Gasteiger partial charge in [-0.2, -0.15) is 5.10 Å². The molecule has 0 saturated heterocycles. The number of aromatic nitrogens is 5. The Labute approximate surface area is 149 Å². The maximum atomic E-state index is 12.7. The minimum atomic E-state index is -0.705. The molecule has 136 valence electrons. The van der Waals surface area contributed by atoms with Crippen LogP contribution in [0.25, 0.3) is 5.52 Å². The number of aliphatic hydroxyl groups is 1. The first kappa shape index (κ1) is 17.7. The van der Waals surface area contributed by atoms with Crippen molar-refractivity contribution in [3.8, 4) is 0 Å². The van der Waals surface area contributed by atoms with Crippen molar-refractivity contribution in [2.75, 3.05) is 5.32 Å². The normalized spacial score (nSPS) is 12.5. The highest BCUT2D eigenvalue weighted by Crippen LogP contribution is 2.19. The highest BCUT2D eigenvalue weighted by Gasteiger charge is 2.17. The lowest BCUT2D eigenvalue weighted by molar-refractivity contribution is -0.117. The topological polar surface area (TPSA) is 114 Å². The maximum Gasteiger partial charge on any atom is 0.291 e. The number of fused-ring (bicyclic) bond motifs is 1. The number of rotatable bonds is 5. The number of aliphatic hydroxyl groups excluding tert-OH is 1. The summed E-state index contributed by atoms with van der Waals surface area (Å²) in [7, 11) is 0. The molecule has 0 aromatic carbocycles. The molecule has 3 rings (SSSR count). The summed E-state index contributed by atoms with van der Waals surface area (Å²) in [4.78, 5) is 32.7. The van der Waals surface area contributed by atoms with E-state index in [9.17, 15) is 14.7 Å². The first-order valence-electron chi connectivity index (χ1n) is 8.23. The summed E-state index contributed by atoms with van der Waals surface area (Å²) < 4.78 is 2.81. The van der Waals surface area contributed by atoms with E-state index in [1.54, 1.807) is 29.7 Å². The standard InChI is InChI=1S/C17H20N6O3/c1-10(2)16-21-23(8-15(25)20-14-4-5-18-9-19-14)17(26)13-6-12(11(3)24)7-22(13)16/h4-7,9-11,24H,8H2,1-3H3,(H,18,19,20,25). The molecule has 9 nitrogen and oxygen atoms in total. The van der Waals surface area contributed by atoms with Crippen LogP contribution in [0.2, 0.25) is 0 Å². The van der Waals surface area contributed by atoms with E-state index in [0.717, 1.165) is 4.68 Å². The molecule has 1 unspecified atom stereocenters. The average Bonchev–Trinajstić information content (AvgIpc) is 3.04. The monoisotopic (exact) mass is 356 g/mol. The molecule has 0 radical (unpaired) electrons. The number of hydrogen-bond donors (Lipinski definition) is 2. The van der Waals surface area contributed by atoms with E-state index in [1.165, 1.54) is 12.5 Å². The van der Waals surface area contributed by atoms with Crippen molar-refractivity contribution in [3.05, 3.63) is 52.6 Å². The van der Waals surface area contributed by atoms with Crippen LogP contribution >= 0.6 is 0 Å². The summed E-state index contributed by atoms with van der Waals surface area (Å²) in [6, 6.07) is 3.18. The quantitative estimate of drug-likeness (QED) is 0.707. The van der Waals surface area contributed by atoms with Gasteiger partial charge in [-0.15, -0.1) is 0 Å². The summed E-state index contributed by atoms with van der Waals surface area (Å²) in [5.41, 5.74) is 0.586. The minimum Gasteiger partial charge on any atom is -0.389 e. The molecule has 0 aliphatic carbocycles. The molecule has 2 N–H and O–H groups in total. The molecule has 0 fully saturated rings. The van der Waals surface area contributed by atoms with E-state index in [1.807, 2.05) is 13.8 Å². The van der Waals surface area contributed by atoms with Crippen molar-refractivity contribution in [2.45, 2.75) is 39.3 Å². The van der Waals surface area contributed by atoms with Crippen LogP contribution in [0.5, 0.6) is 0 Å². The second-order valence-electron chi connectivity index (χ2n) is 6.32. The van der Waals surface area contributed by atoms with Crippen LogP contribution < -0.4 is 10.9 Å².